The average molecular weight is 558 g/mol. The summed E-state index contributed by atoms with van der Waals surface area (Å²) in [5.41, 5.74) is 5.74. The lowest BCUT2D eigenvalue weighted by molar-refractivity contribution is 0.0952. The molecule has 0 aliphatic carbocycles. The molecule has 0 saturated heterocycles. The minimum Gasteiger partial charge on any atom is -0.506 e. The van der Waals surface area contributed by atoms with Gasteiger partial charge in [0, 0.05) is 27.8 Å². The number of halogens is 3. The largest absolute Gasteiger partial charge is 0.506 e. The van der Waals surface area contributed by atoms with Crippen molar-refractivity contribution < 1.29 is 9.90 Å². The van der Waals surface area contributed by atoms with Crippen molar-refractivity contribution in [3.05, 3.63) is 54.9 Å². The Labute approximate surface area is 198 Å². The van der Waals surface area contributed by atoms with Crippen LogP contribution in [0.15, 0.2) is 38.3 Å². The summed E-state index contributed by atoms with van der Waals surface area (Å²) < 4.78 is 1.08. The Balaban J connectivity index is 1.86. The second kappa shape index (κ2) is 8.89. The van der Waals surface area contributed by atoms with Crippen molar-refractivity contribution in [3.8, 4) is 5.75 Å². The lowest BCUT2D eigenvalue weighted by Gasteiger charge is -2.47. The molecule has 0 bridgehead atoms. The molecule has 0 saturated carbocycles. The smallest absolute Gasteiger partial charge is 0.275 e. The summed E-state index contributed by atoms with van der Waals surface area (Å²) in [4.78, 5) is 14.8. The molecule has 1 unspecified atom stereocenters. The number of nitrogens with zero attached hydrogens (tertiary/aromatic N) is 2. The fourth-order valence-electron chi connectivity index (χ4n) is 4.18. The first kappa shape index (κ1) is 23.1. The van der Waals surface area contributed by atoms with Crippen LogP contribution < -0.4 is 10.3 Å². The van der Waals surface area contributed by atoms with Crippen molar-refractivity contribution in [1.82, 2.24) is 5.43 Å². The van der Waals surface area contributed by atoms with Crippen LogP contribution in [0.1, 0.15) is 61.5 Å². The molecule has 1 atom stereocenters. The standard InChI is InChI=1S/C22H24Br2ClN3O2/c1-5-28-19-9-18(25)13(6-15(19)12(2)10-22(28,3)4)11-26-27-21(30)16-7-14(23)8-17(24)20(16)29/h6-9,11-12,29H,5,10H2,1-4H3,(H,27,30)/b26-11-. The number of rotatable bonds is 4. The number of phenols is 1. The molecule has 8 heteroatoms. The van der Waals surface area contributed by atoms with E-state index in [4.69, 9.17) is 11.6 Å². The highest BCUT2D eigenvalue weighted by atomic mass is 79.9. The number of hydrogen-bond donors (Lipinski definition) is 2. The average Bonchev–Trinajstić information content (AvgIpc) is 2.65. The molecule has 0 fully saturated rings. The molecule has 30 heavy (non-hydrogen) atoms. The summed E-state index contributed by atoms with van der Waals surface area (Å²) in [6.45, 7) is 9.78. The van der Waals surface area contributed by atoms with Crippen LogP contribution in [0.4, 0.5) is 5.69 Å². The van der Waals surface area contributed by atoms with E-state index in [0.29, 0.717) is 19.9 Å². The SMILES string of the molecule is CCN1c2cc(Cl)c(/C=N\NC(=O)c3cc(Br)cc(Br)c3O)cc2C(C)CC1(C)C. The monoisotopic (exact) mass is 555 g/mol. The molecular weight excluding hydrogens is 534 g/mol. The molecule has 2 N–H and O–H groups in total. The van der Waals surface area contributed by atoms with Crippen LogP contribution in [0.3, 0.4) is 0 Å². The first-order valence-corrected chi connectivity index (χ1v) is 11.6. The van der Waals surface area contributed by atoms with Crippen LogP contribution in [0.2, 0.25) is 5.02 Å². The fourth-order valence-corrected chi connectivity index (χ4v) is 5.61. The van der Waals surface area contributed by atoms with Crippen molar-refractivity contribution in [2.45, 2.75) is 45.6 Å². The number of anilines is 1. The number of benzene rings is 2. The van der Waals surface area contributed by atoms with Crippen LogP contribution in [-0.2, 0) is 0 Å². The molecule has 1 heterocycles. The molecule has 3 rings (SSSR count). The van der Waals surface area contributed by atoms with E-state index < -0.39 is 5.91 Å². The van der Waals surface area contributed by atoms with E-state index in [0.717, 1.165) is 24.2 Å². The van der Waals surface area contributed by atoms with E-state index in [-0.39, 0.29) is 16.9 Å². The van der Waals surface area contributed by atoms with Gasteiger partial charge in [-0.05, 0) is 78.9 Å². The number of amides is 1. The second-order valence-corrected chi connectivity index (χ2v) is 10.3. The minimum absolute atomic E-state index is 0.0638. The van der Waals surface area contributed by atoms with Crippen molar-refractivity contribution in [2.75, 3.05) is 11.4 Å². The number of fused-ring (bicyclic) bond motifs is 1. The van der Waals surface area contributed by atoms with E-state index in [1.165, 1.54) is 17.8 Å². The first-order valence-electron chi connectivity index (χ1n) is 9.67. The minimum atomic E-state index is -0.521. The lowest BCUT2D eigenvalue weighted by Crippen LogP contribution is -2.48. The van der Waals surface area contributed by atoms with Crippen molar-refractivity contribution in [1.29, 1.82) is 0 Å². The number of hydrazone groups is 1. The van der Waals surface area contributed by atoms with E-state index >= 15 is 0 Å². The summed E-state index contributed by atoms with van der Waals surface area (Å²) >= 11 is 13.1. The molecule has 0 spiro atoms. The molecule has 2 aromatic rings. The Hall–Kier alpha value is -1.57. The van der Waals surface area contributed by atoms with Gasteiger partial charge < -0.3 is 10.0 Å². The summed E-state index contributed by atoms with van der Waals surface area (Å²) in [7, 11) is 0. The van der Waals surface area contributed by atoms with Crippen LogP contribution in [0.5, 0.6) is 5.75 Å². The number of aromatic hydroxyl groups is 1. The van der Waals surface area contributed by atoms with Gasteiger partial charge in [-0.1, -0.05) is 34.5 Å². The van der Waals surface area contributed by atoms with Crippen molar-refractivity contribution in [3.63, 3.8) is 0 Å². The van der Waals surface area contributed by atoms with E-state index in [1.807, 2.05) is 12.1 Å². The van der Waals surface area contributed by atoms with Gasteiger partial charge in [-0.25, -0.2) is 5.43 Å². The summed E-state index contributed by atoms with van der Waals surface area (Å²) in [6, 6.07) is 7.21. The lowest BCUT2D eigenvalue weighted by atomic mass is 9.79. The Morgan fingerprint density at radius 2 is 2.07 bits per heavy atom. The van der Waals surface area contributed by atoms with Crippen molar-refractivity contribution in [2.24, 2.45) is 5.10 Å². The van der Waals surface area contributed by atoms with E-state index in [1.54, 1.807) is 6.07 Å². The van der Waals surface area contributed by atoms with Gasteiger partial charge in [0.15, 0.2) is 0 Å². The van der Waals surface area contributed by atoms with Crippen LogP contribution in [0.25, 0.3) is 0 Å². The normalized spacial score (nSPS) is 17.8. The predicted molar refractivity (Wildman–Crippen MR) is 130 cm³/mol. The number of nitrogens with one attached hydrogen (secondary N) is 1. The Morgan fingerprint density at radius 3 is 2.73 bits per heavy atom. The van der Waals surface area contributed by atoms with Gasteiger partial charge in [0.25, 0.3) is 5.91 Å². The maximum Gasteiger partial charge on any atom is 0.275 e. The number of phenolic OH excluding ortho intramolecular Hbond substituents is 1. The molecular formula is C22H24Br2ClN3O2. The van der Waals surface area contributed by atoms with Crippen molar-refractivity contribution >= 4 is 61.3 Å². The van der Waals surface area contributed by atoms with E-state index in [2.05, 4.69) is 75.0 Å². The molecule has 5 nitrogen and oxygen atoms in total. The molecule has 2 aromatic carbocycles. The molecule has 1 aliphatic heterocycles. The van der Waals surface area contributed by atoms with Gasteiger partial charge in [-0.15, -0.1) is 0 Å². The van der Waals surface area contributed by atoms with Gasteiger partial charge in [-0.2, -0.15) is 5.10 Å². The van der Waals surface area contributed by atoms with Crippen LogP contribution in [-0.4, -0.2) is 29.3 Å². The maximum absolute atomic E-state index is 12.4. The quantitative estimate of drug-likeness (QED) is 0.336. The van der Waals surface area contributed by atoms with Crippen LogP contribution in [0, 0.1) is 0 Å². The zero-order valence-corrected chi connectivity index (χ0v) is 21.2. The summed E-state index contributed by atoms with van der Waals surface area (Å²) in [6.07, 6.45) is 2.58. The highest BCUT2D eigenvalue weighted by molar-refractivity contribution is 9.11. The zero-order valence-electron chi connectivity index (χ0n) is 17.3. The van der Waals surface area contributed by atoms with Gasteiger partial charge in [0.05, 0.1) is 21.3 Å². The third-order valence-electron chi connectivity index (χ3n) is 5.46. The number of hydrogen-bond acceptors (Lipinski definition) is 4. The highest BCUT2D eigenvalue weighted by Crippen LogP contribution is 2.44. The molecule has 160 valence electrons. The third kappa shape index (κ3) is 4.53. The molecule has 1 aliphatic rings. The summed E-state index contributed by atoms with van der Waals surface area (Å²) in [5.74, 6) is -0.284. The molecule has 1 amide bonds. The van der Waals surface area contributed by atoms with Gasteiger partial charge in [-0.3, -0.25) is 4.79 Å². The summed E-state index contributed by atoms with van der Waals surface area (Å²) in [5, 5.41) is 14.7. The van der Waals surface area contributed by atoms with Gasteiger partial charge in [0.2, 0.25) is 0 Å². The molecule has 0 aromatic heterocycles. The number of carbonyl (C=O) groups is 1. The Bertz CT molecular complexity index is 1020. The Morgan fingerprint density at radius 1 is 1.37 bits per heavy atom. The first-order chi connectivity index (χ1) is 14.0. The Kier molecular flexibility index (Phi) is 6.84. The van der Waals surface area contributed by atoms with Crippen LogP contribution >= 0.6 is 43.5 Å². The highest BCUT2D eigenvalue weighted by Gasteiger charge is 2.35. The maximum atomic E-state index is 12.4. The topological polar surface area (TPSA) is 64.9 Å². The zero-order chi connectivity index (χ0) is 22.2. The van der Waals surface area contributed by atoms with Gasteiger partial charge >= 0.3 is 0 Å². The fraction of sp³-hybridized carbons (Fsp3) is 0.364. The number of carbonyl (C=O) groups excluding carboxylic acids is 1. The van der Waals surface area contributed by atoms with Gasteiger partial charge in [0.1, 0.15) is 5.75 Å². The third-order valence-corrected chi connectivity index (χ3v) is 6.85. The predicted octanol–water partition coefficient (Wildman–Crippen LogP) is 6.45. The molecule has 0 radical (unpaired) electrons. The van der Waals surface area contributed by atoms with E-state index in [9.17, 15) is 9.90 Å². The second-order valence-electron chi connectivity index (χ2n) is 8.08.